The van der Waals surface area contributed by atoms with Gasteiger partial charge >= 0.3 is 0 Å². The number of aliphatic hydroxyl groups is 1. The van der Waals surface area contributed by atoms with Crippen molar-refractivity contribution in [3.63, 3.8) is 0 Å². The van der Waals surface area contributed by atoms with Crippen LogP contribution < -0.4 is 10.7 Å². The van der Waals surface area contributed by atoms with E-state index in [4.69, 9.17) is 0 Å². The first-order chi connectivity index (χ1) is 19.3. The van der Waals surface area contributed by atoms with E-state index in [0.29, 0.717) is 6.42 Å². The summed E-state index contributed by atoms with van der Waals surface area (Å²) in [5, 5.41) is 15.8. The molecule has 0 saturated carbocycles. The van der Waals surface area contributed by atoms with Crippen molar-refractivity contribution in [2.24, 2.45) is 11.3 Å². The summed E-state index contributed by atoms with van der Waals surface area (Å²) in [6.07, 6.45) is 0.534. The molecule has 2 aromatic rings. The minimum Gasteiger partial charge on any atom is -0.390 e. The molecule has 41 heavy (non-hydrogen) atoms. The Morgan fingerprint density at radius 3 is 2.12 bits per heavy atom. The number of sulfonamides is 1. The smallest absolute Gasteiger partial charge is 0.252 e. The monoisotopic (exact) mass is 588 g/mol. The summed E-state index contributed by atoms with van der Waals surface area (Å²) in [5.41, 5.74) is 3.15. The zero-order chi connectivity index (χ0) is 30.6. The molecule has 3 atom stereocenters. The highest BCUT2D eigenvalue weighted by atomic mass is 32.2. The summed E-state index contributed by atoms with van der Waals surface area (Å²) in [5.74, 6) is -0.518. The van der Waals surface area contributed by atoms with Crippen LogP contribution in [-0.2, 0) is 26.0 Å². The van der Waals surface area contributed by atoms with Crippen LogP contribution in [0, 0.1) is 11.3 Å². The van der Waals surface area contributed by atoms with E-state index in [1.807, 2.05) is 51.1 Å². The van der Waals surface area contributed by atoms with Gasteiger partial charge in [0.1, 0.15) is 0 Å². The third kappa shape index (κ3) is 11.2. The van der Waals surface area contributed by atoms with E-state index in [-0.39, 0.29) is 54.6 Å². The van der Waals surface area contributed by atoms with Crippen molar-refractivity contribution in [1.29, 1.82) is 0 Å². The van der Waals surface area contributed by atoms with Gasteiger partial charge in [0.15, 0.2) is 0 Å². The number of carbonyl (C=O) groups is 2. The molecule has 0 bridgehead atoms. The number of nitrogens with one attached hydrogen (secondary N) is 2. The Morgan fingerprint density at radius 1 is 1.00 bits per heavy atom. The third-order valence-electron chi connectivity index (χ3n) is 6.94. The van der Waals surface area contributed by atoms with Gasteiger partial charge in [0, 0.05) is 19.5 Å². The Bertz CT molecular complexity index is 1190. The Labute approximate surface area is 246 Å². The van der Waals surface area contributed by atoms with Crippen LogP contribution in [0.1, 0.15) is 59.4 Å². The molecule has 0 aliphatic heterocycles. The van der Waals surface area contributed by atoms with E-state index in [2.05, 4.69) is 24.6 Å². The second kappa shape index (κ2) is 16.0. The van der Waals surface area contributed by atoms with Gasteiger partial charge < -0.3 is 10.4 Å². The lowest BCUT2D eigenvalue weighted by Crippen LogP contribution is -2.60. The molecule has 0 spiro atoms. The first kappa shape index (κ1) is 34.4. The predicted octanol–water partition coefficient (Wildman–Crippen LogP) is 3.60. The van der Waals surface area contributed by atoms with Crippen LogP contribution in [0.3, 0.4) is 0 Å². The zero-order valence-corrected chi connectivity index (χ0v) is 26.2. The van der Waals surface area contributed by atoms with E-state index in [9.17, 15) is 23.1 Å². The standard InChI is InChI=1S/C31H48N4O5S/c1-7-24(2)18-19-34(41(39,40)26-16-12-9-13-17-26)23-28(36)27(20-25-14-10-8-11-15-25)35(33-29(37)22-32-6)30(38)21-31(3,4)5/h8-17,24,27-28,32,36H,7,18-23H2,1-6H3,(H,33,37)/t24?,27-,28+/m0/s1. The molecule has 2 amide bonds. The van der Waals surface area contributed by atoms with E-state index in [1.54, 1.807) is 25.2 Å². The molecule has 228 valence electrons. The van der Waals surface area contributed by atoms with Crippen molar-refractivity contribution >= 4 is 21.8 Å². The number of nitrogens with zero attached hydrogens (tertiary/aromatic N) is 2. The maximum Gasteiger partial charge on any atom is 0.252 e. The third-order valence-corrected chi connectivity index (χ3v) is 8.82. The van der Waals surface area contributed by atoms with Crippen molar-refractivity contribution < 1.29 is 23.1 Å². The van der Waals surface area contributed by atoms with E-state index in [1.165, 1.54) is 21.4 Å². The maximum absolute atomic E-state index is 13.8. The molecule has 2 aromatic carbocycles. The molecule has 10 heteroatoms. The lowest BCUT2D eigenvalue weighted by atomic mass is 9.91. The van der Waals surface area contributed by atoms with Crippen LogP contribution in [-0.4, -0.2) is 73.5 Å². The fourth-order valence-electron chi connectivity index (χ4n) is 4.41. The summed E-state index contributed by atoms with van der Waals surface area (Å²) in [4.78, 5) is 26.5. The maximum atomic E-state index is 13.8. The van der Waals surface area contributed by atoms with Crippen molar-refractivity contribution in [3.05, 3.63) is 66.2 Å². The molecule has 1 unspecified atom stereocenters. The second-order valence-electron chi connectivity index (χ2n) is 11.9. The van der Waals surface area contributed by atoms with Crippen LogP contribution in [0.5, 0.6) is 0 Å². The average molecular weight is 589 g/mol. The topological polar surface area (TPSA) is 119 Å². The molecule has 0 radical (unpaired) electrons. The minimum atomic E-state index is -3.94. The number of aliphatic hydroxyl groups excluding tert-OH is 1. The van der Waals surface area contributed by atoms with Crippen LogP contribution in [0.15, 0.2) is 65.6 Å². The molecule has 2 rings (SSSR count). The molecule has 0 aliphatic carbocycles. The van der Waals surface area contributed by atoms with Gasteiger partial charge in [0.25, 0.3) is 5.91 Å². The Balaban J connectivity index is 2.53. The first-order valence-electron chi connectivity index (χ1n) is 14.3. The lowest BCUT2D eigenvalue weighted by Gasteiger charge is -2.38. The van der Waals surface area contributed by atoms with Crippen LogP contribution >= 0.6 is 0 Å². The van der Waals surface area contributed by atoms with Crippen LogP contribution in [0.4, 0.5) is 0 Å². The number of amides is 2. The number of rotatable bonds is 15. The fraction of sp³-hybridized carbons (Fsp3) is 0.548. The molecule has 0 saturated heterocycles. The van der Waals surface area contributed by atoms with Gasteiger partial charge in [-0.05, 0) is 48.9 Å². The number of hydrogen-bond donors (Lipinski definition) is 3. The van der Waals surface area contributed by atoms with E-state index >= 15 is 0 Å². The Hall–Kier alpha value is -2.79. The normalized spacial score (nSPS) is 14.3. The van der Waals surface area contributed by atoms with Gasteiger partial charge in [0.05, 0.1) is 23.6 Å². The highest BCUT2D eigenvalue weighted by molar-refractivity contribution is 7.89. The minimum absolute atomic E-state index is 0.0309. The highest BCUT2D eigenvalue weighted by Crippen LogP contribution is 2.24. The van der Waals surface area contributed by atoms with Gasteiger partial charge in [-0.2, -0.15) is 4.31 Å². The average Bonchev–Trinajstić information content (AvgIpc) is 2.92. The lowest BCUT2D eigenvalue weighted by molar-refractivity contribution is -0.149. The fourth-order valence-corrected chi connectivity index (χ4v) is 5.90. The molecule has 0 aliphatic rings. The largest absolute Gasteiger partial charge is 0.390 e. The van der Waals surface area contributed by atoms with Crippen LogP contribution in [0.25, 0.3) is 0 Å². The van der Waals surface area contributed by atoms with Gasteiger partial charge in [-0.25, -0.2) is 13.4 Å². The summed E-state index contributed by atoms with van der Waals surface area (Å²) in [7, 11) is -2.31. The number of hydrogen-bond acceptors (Lipinski definition) is 6. The van der Waals surface area contributed by atoms with Crippen molar-refractivity contribution in [2.75, 3.05) is 26.7 Å². The van der Waals surface area contributed by atoms with Crippen molar-refractivity contribution in [1.82, 2.24) is 20.1 Å². The number of hydrazine groups is 1. The Morgan fingerprint density at radius 2 is 1.59 bits per heavy atom. The van der Waals surface area contributed by atoms with Gasteiger partial charge in [-0.15, -0.1) is 0 Å². The molecule has 0 fully saturated rings. The van der Waals surface area contributed by atoms with Crippen molar-refractivity contribution in [2.45, 2.75) is 77.3 Å². The number of likely N-dealkylation sites (N-methyl/N-ethyl adjacent to an activating group) is 1. The summed E-state index contributed by atoms with van der Waals surface area (Å²) < 4.78 is 28.8. The summed E-state index contributed by atoms with van der Waals surface area (Å²) in [6, 6.07) is 16.6. The first-order valence-corrected chi connectivity index (χ1v) is 15.8. The SMILES string of the molecule is CCC(C)CCN(C[C@@H](O)[C@H](Cc1ccccc1)N(NC(=O)CNC)C(=O)CC(C)(C)C)S(=O)(=O)c1ccccc1. The van der Waals surface area contributed by atoms with E-state index < -0.39 is 28.1 Å². The highest BCUT2D eigenvalue weighted by Gasteiger charge is 2.36. The van der Waals surface area contributed by atoms with Gasteiger partial charge in [-0.3, -0.25) is 15.0 Å². The molecule has 0 heterocycles. The Kier molecular flexibility index (Phi) is 13.4. The number of carbonyl (C=O) groups excluding carboxylic acids is 2. The molecular weight excluding hydrogens is 540 g/mol. The number of benzene rings is 2. The second-order valence-corrected chi connectivity index (χ2v) is 13.8. The quantitative estimate of drug-likeness (QED) is 0.274. The molecule has 9 nitrogen and oxygen atoms in total. The van der Waals surface area contributed by atoms with Crippen molar-refractivity contribution in [3.8, 4) is 0 Å². The van der Waals surface area contributed by atoms with Gasteiger partial charge in [0.2, 0.25) is 15.9 Å². The molecular formula is C31H48N4O5S. The molecule has 3 N–H and O–H groups in total. The predicted molar refractivity (Wildman–Crippen MR) is 162 cm³/mol. The van der Waals surface area contributed by atoms with E-state index in [0.717, 1.165) is 12.0 Å². The summed E-state index contributed by atoms with van der Waals surface area (Å²) in [6.45, 7) is 9.81. The van der Waals surface area contributed by atoms with Crippen LogP contribution in [0.2, 0.25) is 0 Å². The zero-order valence-electron chi connectivity index (χ0n) is 25.3. The summed E-state index contributed by atoms with van der Waals surface area (Å²) >= 11 is 0. The van der Waals surface area contributed by atoms with Gasteiger partial charge in [-0.1, -0.05) is 89.6 Å². The molecule has 0 aromatic heterocycles.